The maximum Gasteiger partial charge on any atom is 0.337 e. The molecule has 1 aliphatic heterocycles. The third kappa shape index (κ3) is 4.32. The van der Waals surface area contributed by atoms with Crippen molar-refractivity contribution in [2.75, 3.05) is 33.8 Å². The maximum atomic E-state index is 11.3. The molecule has 1 fully saturated rings. The Morgan fingerprint density at radius 1 is 1.40 bits per heavy atom. The summed E-state index contributed by atoms with van der Waals surface area (Å²) >= 11 is 0. The molecule has 110 valence electrons. The second-order valence-electron chi connectivity index (χ2n) is 5.59. The molecule has 0 radical (unpaired) electrons. The average molecular weight is 276 g/mol. The lowest BCUT2D eigenvalue weighted by molar-refractivity contribution is 0.0600. The van der Waals surface area contributed by atoms with Gasteiger partial charge in [-0.15, -0.1) is 0 Å². The lowest BCUT2D eigenvalue weighted by atomic mass is 9.98. The molecule has 1 aliphatic rings. The van der Waals surface area contributed by atoms with Crippen LogP contribution in [0.3, 0.4) is 0 Å². The van der Waals surface area contributed by atoms with Crippen molar-refractivity contribution in [3.05, 3.63) is 35.4 Å². The Kier molecular flexibility index (Phi) is 5.56. The first-order valence-corrected chi connectivity index (χ1v) is 7.25. The molecule has 4 heteroatoms. The first kappa shape index (κ1) is 15.0. The van der Waals surface area contributed by atoms with Crippen molar-refractivity contribution in [3.8, 4) is 0 Å². The highest BCUT2D eigenvalue weighted by atomic mass is 16.5. The molecule has 0 bridgehead atoms. The molecule has 20 heavy (non-hydrogen) atoms. The second-order valence-corrected chi connectivity index (χ2v) is 5.59. The van der Waals surface area contributed by atoms with Gasteiger partial charge in [0.1, 0.15) is 0 Å². The van der Waals surface area contributed by atoms with Gasteiger partial charge < -0.3 is 15.0 Å². The van der Waals surface area contributed by atoms with Gasteiger partial charge in [0.2, 0.25) is 0 Å². The third-order valence-corrected chi connectivity index (χ3v) is 3.86. The number of esters is 1. The monoisotopic (exact) mass is 276 g/mol. The number of likely N-dealkylation sites (tertiary alicyclic amines) is 1. The van der Waals surface area contributed by atoms with E-state index in [0.717, 1.165) is 19.0 Å². The molecule has 4 nitrogen and oxygen atoms in total. The first-order valence-electron chi connectivity index (χ1n) is 7.25. The molecular weight excluding hydrogens is 252 g/mol. The normalized spacial score (nSPS) is 19.8. The number of hydrogen-bond acceptors (Lipinski definition) is 4. The van der Waals surface area contributed by atoms with Crippen molar-refractivity contribution in [2.45, 2.75) is 19.4 Å². The predicted octanol–water partition coefficient (Wildman–Crippen LogP) is 1.90. The number of piperidine rings is 1. The van der Waals surface area contributed by atoms with Gasteiger partial charge in [-0.3, -0.25) is 0 Å². The number of nitrogens with one attached hydrogen (secondary N) is 1. The molecule has 0 aromatic heterocycles. The van der Waals surface area contributed by atoms with Crippen LogP contribution in [0, 0.1) is 5.92 Å². The van der Waals surface area contributed by atoms with E-state index in [4.69, 9.17) is 0 Å². The van der Waals surface area contributed by atoms with Gasteiger partial charge in [-0.05, 0) is 56.6 Å². The summed E-state index contributed by atoms with van der Waals surface area (Å²) in [5, 5.41) is 3.51. The summed E-state index contributed by atoms with van der Waals surface area (Å²) in [5.74, 6) is 0.470. The number of hydrogen-bond donors (Lipinski definition) is 1. The number of benzene rings is 1. The molecule has 0 aliphatic carbocycles. The second kappa shape index (κ2) is 7.41. The zero-order valence-electron chi connectivity index (χ0n) is 12.4. The van der Waals surface area contributed by atoms with Crippen LogP contribution < -0.4 is 5.32 Å². The van der Waals surface area contributed by atoms with Crippen LogP contribution >= 0.6 is 0 Å². The van der Waals surface area contributed by atoms with E-state index >= 15 is 0 Å². The summed E-state index contributed by atoms with van der Waals surface area (Å²) in [6.45, 7) is 4.32. The van der Waals surface area contributed by atoms with Crippen LogP contribution in [0.2, 0.25) is 0 Å². The average Bonchev–Trinajstić information content (AvgIpc) is 2.47. The Labute approximate surface area is 121 Å². The summed E-state index contributed by atoms with van der Waals surface area (Å²) in [5.41, 5.74) is 1.80. The molecule has 1 aromatic rings. The third-order valence-electron chi connectivity index (χ3n) is 3.86. The van der Waals surface area contributed by atoms with Crippen LogP contribution in [0.5, 0.6) is 0 Å². The van der Waals surface area contributed by atoms with Crippen LogP contribution in [0.4, 0.5) is 0 Å². The van der Waals surface area contributed by atoms with Crippen molar-refractivity contribution in [1.29, 1.82) is 0 Å². The van der Waals surface area contributed by atoms with E-state index in [1.165, 1.54) is 38.6 Å². The van der Waals surface area contributed by atoms with E-state index in [2.05, 4.69) is 22.0 Å². The predicted molar refractivity (Wildman–Crippen MR) is 79.7 cm³/mol. The molecule has 1 N–H and O–H groups in total. The van der Waals surface area contributed by atoms with Crippen LogP contribution in [0.15, 0.2) is 24.3 Å². The Morgan fingerprint density at radius 2 is 2.15 bits per heavy atom. The van der Waals surface area contributed by atoms with Gasteiger partial charge in [0.05, 0.1) is 12.7 Å². The Hall–Kier alpha value is -1.39. The fraction of sp³-hybridized carbons (Fsp3) is 0.562. The zero-order valence-corrected chi connectivity index (χ0v) is 12.4. The molecule has 0 amide bonds. The largest absolute Gasteiger partial charge is 0.465 e. The van der Waals surface area contributed by atoms with Crippen LogP contribution in [0.25, 0.3) is 0 Å². The quantitative estimate of drug-likeness (QED) is 0.834. The standard InChI is InChI=1S/C16H24N2O2/c1-18-9-3-4-14(12-18)11-17-10-13-5-7-15(8-6-13)16(19)20-2/h5-8,14,17H,3-4,9-12H2,1-2H3. The molecule has 1 atom stereocenters. The lowest BCUT2D eigenvalue weighted by Crippen LogP contribution is -2.37. The van der Waals surface area contributed by atoms with Gasteiger partial charge in [0.15, 0.2) is 0 Å². The molecule has 1 heterocycles. The maximum absolute atomic E-state index is 11.3. The van der Waals surface area contributed by atoms with E-state index in [1.54, 1.807) is 0 Å². The Bertz CT molecular complexity index is 431. The van der Waals surface area contributed by atoms with Crippen molar-refractivity contribution in [3.63, 3.8) is 0 Å². The summed E-state index contributed by atoms with van der Waals surface area (Å²) in [7, 11) is 3.59. The highest BCUT2D eigenvalue weighted by molar-refractivity contribution is 5.89. The van der Waals surface area contributed by atoms with Crippen molar-refractivity contribution < 1.29 is 9.53 Å². The molecule has 0 spiro atoms. The summed E-state index contributed by atoms with van der Waals surface area (Å²) in [6.07, 6.45) is 2.62. The van der Waals surface area contributed by atoms with Crippen LogP contribution in [-0.2, 0) is 11.3 Å². The minimum Gasteiger partial charge on any atom is -0.465 e. The van der Waals surface area contributed by atoms with Crippen LogP contribution in [0.1, 0.15) is 28.8 Å². The minimum absolute atomic E-state index is 0.283. The number of nitrogens with zero attached hydrogens (tertiary/aromatic N) is 1. The lowest BCUT2D eigenvalue weighted by Gasteiger charge is -2.29. The van der Waals surface area contributed by atoms with Gasteiger partial charge >= 0.3 is 5.97 Å². The molecule has 1 aromatic carbocycles. The Morgan fingerprint density at radius 3 is 2.80 bits per heavy atom. The van der Waals surface area contributed by atoms with E-state index in [9.17, 15) is 4.79 Å². The Balaban J connectivity index is 1.75. The van der Waals surface area contributed by atoms with Crippen LogP contribution in [-0.4, -0.2) is 44.7 Å². The van der Waals surface area contributed by atoms with Gasteiger partial charge in [0.25, 0.3) is 0 Å². The van der Waals surface area contributed by atoms with Gasteiger partial charge in [0, 0.05) is 13.1 Å². The zero-order chi connectivity index (χ0) is 14.4. The molecule has 0 saturated carbocycles. The van der Waals surface area contributed by atoms with Gasteiger partial charge in [-0.25, -0.2) is 4.79 Å². The summed E-state index contributed by atoms with van der Waals surface area (Å²) in [6, 6.07) is 7.59. The highest BCUT2D eigenvalue weighted by Gasteiger charge is 2.16. The summed E-state index contributed by atoms with van der Waals surface area (Å²) in [4.78, 5) is 13.7. The number of methoxy groups -OCH3 is 1. The van der Waals surface area contributed by atoms with E-state index in [1.807, 2.05) is 24.3 Å². The van der Waals surface area contributed by atoms with E-state index in [-0.39, 0.29) is 5.97 Å². The van der Waals surface area contributed by atoms with Crippen molar-refractivity contribution in [2.24, 2.45) is 5.92 Å². The van der Waals surface area contributed by atoms with E-state index < -0.39 is 0 Å². The van der Waals surface area contributed by atoms with Gasteiger partial charge in [-0.2, -0.15) is 0 Å². The number of rotatable bonds is 5. The topological polar surface area (TPSA) is 41.6 Å². The SMILES string of the molecule is COC(=O)c1ccc(CNCC2CCCN(C)C2)cc1. The first-order chi connectivity index (χ1) is 9.69. The smallest absolute Gasteiger partial charge is 0.337 e. The molecule has 1 saturated heterocycles. The fourth-order valence-corrected chi connectivity index (χ4v) is 2.74. The molecule has 1 unspecified atom stereocenters. The van der Waals surface area contributed by atoms with Crippen molar-refractivity contribution in [1.82, 2.24) is 10.2 Å². The highest BCUT2D eigenvalue weighted by Crippen LogP contribution is 2.14. The minimum atomic E-state index is -0.283. The van der Waals surface area contributed by atoms with E-state index in [0.29, 0.717) is 5.56 Å². The molecule has 2 rings (SSSR count). The van der Waals surface area contributed by atoms with Gasteiger partial charge in [-0.1, -0.05) is 12.1 Å². The number of carbonyl (C=O) groups is 1. The van der Waals surface area contributed by atoms with Crippen molar-refractivity contribution >= 4 is 5.97 Å². The molecular formula is C16H24N2O2. The fourth-order valence-electron chi connectivity index (χ4n) is 2.74. The summed E-state index contributed by atoms with van der Waals surface area (Å²) < 4.78 is 4.69. The number of ether oxygens (including phenoxy) is 1. The number of carbonyl (C=O) groups excluding carboxylic acids is 1.